The van der Waals surface area contributed by atoms with Crippen LogP contribution in [0.2, 0.25) is 5.02 Å². The second-order valence-electron chi connectivity index (χ2n) is 5.97. The van der Waals surface area contributed by atoms with Gasteiger partial charge in [0.1, 0.15) is 19.0 Å². The van der Waals surface area contributed by atoms with E-state index in [4.69, 9.17) is 26.4 Å². The van der Waals surface area contributed by atoms with Crippen molar-refractivity contribution in [3.05, 3.63) is 95.1 Å². The molecule has 146 valence electrons. The van der Waals surface area contributed by atoms with E-state index < -0.39 is 0 Å². The summed E-state index contributed by atoms with van der Waals surface area (Å²) in [6.07, 6.45) is 1.65. The monoisotopic (exact) mass is 628 g/mol. The van der Waals surface area contributed by atoms with Crippen molar-refractivity contribution in [2.24, 2.45) is 5.16 Å². The minimum Gasteiger partial charge on any atom is -0.487 e. The van der Waals surface area contributed by atoms with Crippen LogP contribution in [-0.4, -0.2) is 6.21 Å². The number of nitriles is 1. The third-order valence-corrected chi connectivity index (χ3v) is 5.96. The lowest BCUT2D eigenvalue weighted by molar-refractivity contribution is 0.132. The molecule has 0 fully saturated rings. The van der Waals surface area contributed by atoms with Crippen molar-refractivity contribution >= 4 is 63.0 Å². The Morgan fingerprint density at radius 3 is 2.31 bits per heavy atom. The second-order valence-corrected chi connectivity index (χ2v) is 8.70. The van der Waals surface area contributed by atoms with Crippen LogP contribution in [0.15, 0.2) is 65.8 Å². The average molecular weight is 629 g/mol. The third-order valence-electron chi connectivity index (χ3n) is 3.98. The van der Waals surface area contributed by atoms with E-state index in [0.717, 1.165) is 29.6 Å². The van der Waals surface area contributed by atoms with Gasteiger partial charge in [-0.2, -0.15) is 5.26 Å². The number of benzene rings is 3. The van der Waals surface area contributed by atoms with Crippen molar-refractivity contribution < 1.29 is 9.57 Å². The quantitative estimate of drug-likeness (QED) is 0.170. The first kappa shape index (κ1) is 21.9. The number of rotatable bonds is 7. The molecule has 0 spiro atoms. The van der Waals surface area contributed by atoms with Gasteiger partial charge in [-0.25, -0.2) is 0 Å². The molecule has 0 N–H and O–H groups in total. The SMILES string of the molecule is N#Cc1ccccc1CO/N=C\c1cc(I)c(OCc2ccccc2Cl)c(I)c1. The summed E-state index contributed by atoms with van der Waals surface area (Å²) in [4.78, 5) is 5.36. The number of ether oxygens (including phenoxy) is 1. The first-order chi connectivity index (χ1) is 14.1. The summed E-state index contributed by atoms with van der Waals surface area (Å²) in [5.41, 5.74) is 3.24. The van der Waals surface area contributed by atoms with E-state index in [1.165, 1.54) is 0 Å². The molecule has 3 rings (SSSR count). The Hall–Kier alpha value is -1.83. The normalized spacial score (nSPS) is 10.7. The Bertz CT molecular complexity index is 1060. The Balaban J connectivity index is 1.63. The summed E-state index contributed by atoms with van der Waals surface area (Å²) in [6.45, 7) is 0.647. The van der Waals surface area contributed by atoms with Crippen molar-refractivity contribution in [1.29, 1.82) is 5.26 Å². The molecule has 0 aromatic heterocycles. The molecule has 0 amide bonds. The fourth-order valence-corrected chi connectivity index (χ4v) is 4.84. The molecule has 4 nitrogen and oxygen atoms in total. The maximum Gasteiger partial charge on any atom is 0.146 e. The Morgan fingerprint density at radius 1 is 0.966 bits per heavy atom. The summed E-state index contributed by atoms with van der Waals surface area (Å²) in [7, 11) is 0. The number of hydrogen-bond donors (Lipinski definition) is 0. The zero-order valence-electron chi connectivity index (χ0n) is 15.1. The molecule has 3 aromatic rings. The molecule has 0 atom stereocenters. The molecular weight excluding hydrogens is 614 g/mol. The molecule has 0 aliphatic carbocycles. The second kappa shape index (κ2) is 10.8. The van der Waals surface area contributed by atoms with E-state index in [-0.39, 0.29) is 6.61 Å². The predicted octanol–water partition coefficient (Wildman–Crippen LogP) is 6.55. The maximum absolute atomic E-state index is 9.11. The van der Waals surface area contributed by atoms with Crippen molar-refractivity contribution in [2.45, 2.75) is 13.2 Å². The maximum atomic E-state index is 9.11. The summed E-state index contributed by atoms with van der Waals surface area (Å²) < 4.78 is 7.93. The Morgan fingerprint density at radius 2 is 1.62 bits per heavy atom. The van der Waals surface area contributed by atoms with Gasteiger partial charge in [0.05, 0.1) is 25.0 Å². The van der Waals surface area contributed by atoms with Crippen LogP contribution in [0.1, 0.15) is 22.3 Å². The van der Waals surface area contributed by atoms with Crippen molar-refractivity contribution in [1.82, 2.24) is 0 Å². The number of halogens is 3. The summed E-state index contributed by atoms with van der Waals surface area (Å²) in [5, 5.41) is 13.8. The van der Waals surface area contributed by atoms with Gasteiger partial charge in [0.25, 0.3) is 0 Å². The van der Waals surface area contributed by atoms with E-state index in [2.05, 4.69) is 56.4 Å². The molecule has 3 aromatic carbocycles. The summed E-state index contributed by atoms with van der Waals surface area (Å²) in [6, 6.07) is 21.0. The summed E-state index contributed by atoms with van der Waals surface area (Å²) >= 11 is 10.7. The lowest BCUT2D eigenvalue weighted by Gasteiger charge is -2.12. The smallest absolute Gasteiger partial charge is 0.146 e. The Kier molecular flexibility index (Phi) is 8.15. The van der Waals surface area contributed by atoms with Crippen LogP contribution in [0.3, 0.4) is 0 Å². The standard InChI is InChI=1S/C22H15ClI2N2O2/c23-19-8-4-3-7-18(19)13-28-22-20(24)9-15(10-21(22)25)12-27-29-14-17-6-2-1-5-16(17)11-26/h1-10,12H,13-14H2/b27-12-. The van der Waals surface area contributed by atoms with E-state index in [1.807, 2.05) is 54.6 Å². The van der Waals surface area contributed by atoms with Gasteiger partial charge in [-0.15, -0.1) is 0 Å². The lowest BCUT2D eigenvalue weighted by Crippen LogP contribution is -2.01. The molecule has 0 bridgehead atoms. The van der Waals surface area contributed by atoms with Gasteiger partial charge in [-0.3, -0.25) is 0 Å². The van der Waals surface area contributed by atoms with E-state index in [0.29, 0.717) is 17.2 Å². The molecule has 29 heavy (non-hydrogen) atoms. The van der Waals surface area contributed by atoms with Crippen molar-refractivity contribution in [3.8, 4) is 11.8 Å². The highest BCUT2D eigenvalue weighted by atomic mass is 127. The van der Waals surface area contributed by atoms with Crippen LogP contribution in [0.25, 0.3) is 0 Å². The minimum absolute atomic E-state index is 0.243. The molecule has 0 aliphatic rings. The van der Waals surface area contributed by atoms with Gasteiger partial charge in [-0.1, -0.05) is 53.2 Å². The molecule has 0 aliphatic heterocycles. The van der Waals surface area contributed by atoms with Gasteiger partial charge in [0.2, 0.25) is 0 Å². The van der Waals surface area contributed by atoms with Crippen LogP contribution in [0.4, 0.5) is 0 Å². The number of hydrogen-bond acceptors (Lipinski definition) is 4. The van der Waals surface area contributed by atoms with Crippen LogP contribution < -0.4 is 4.74 Å². The fourth-order valence-electron chi connectivity index (χ4n) is 2.52. The zero-order valence-corrected chi connectivity index (χ0v) is 20.2. The van der Waals surface area contributed by atoms with Crippen molar-refractivity contribution in [3.63, 3.8) is 0 Å². The number of oxime groups is 1. The largest absolute Gasteiger partial charge is 0.487 e. The van der Waals surface area contributed by atoms with Gasteiger partial charge in [-0.05, 0) is 75.0 Å². The highest BCUT2D eigenvalue weighted by Gasteiger charge is 2.10. The highest BCUT2D eigenvalue weighted by molar-refractivity contribution is 14.1. The summed E-state index contributed by atoms with van der Waals surface area (Å²) in [5.74, 6) is 0.812. The van der Waals surface area contributed by atoms with E-state index in [1.54, 1.807) is 12.3 Å². The molecule has 7 heteroatoms. The minimum atomic E-state index is 0.243. The molecule has 0 unspecified atom stereocenters. The van der Waals surface area contributed by atoms with Crippen LogP contribution in [-0.2, 0) is 18.1 Å². The van der Waals surface area contributed by atoms with E-state index in [9.17, 15) is 0 Å². The molecule has 0 saturated carbocycles. The number of nitrogens with zero attached hydrogens (tertiary/aromatic N) is 2. The zero-order chi connectivity index (χ0) is 20.6. The van der Waals surface area contributed by atoms with Gasteiger partial charge in [0.15, 0.2) is 0 Å². The lowest BCUT2D eigenvalue weighted by atomic mass is 10.1. The van der Waals surface area contributed by atoms with Crippen LogP contribution >= 0.6 is 56.8 Å². The first-order valence-electron chi connectivity index (χ1n) is 8.57. The molecule has 0 radical (unpaired) electrons. The fraction of sp³-hybridized carbons (Fsp3) is 0.0909. The van der Waals surface area contributed by atoms with Gasteiger partial charge >= 0.3 is 0 Å². The van der Waals surface area contributed by atoms with Crippen LogP contribution in [0.5, 0.6) is 5.75 Å². The van der Waals surface area contributed by atoms with Crippen molar-refractivity contribution in [2.75, 3.05) is 0 Å². The van der Waals surface area contributed by atoms with Crippen LogP contribution in [0, 0.1) is 18.5 Å². The molecule has 0 saturated heterocycles. The predicted molar refractivity (Wildman–Crippen MR) is 131 cm³/mol. The first-order valence-corrected chi connectivity index (χ1v) is 11.1. The molecule has 0 heterocycles. The van der Waals surface area contributed by atoms with Gasteiger partial charge < -0.3 is 9.57 Å². The Labute approximate surface area is 201 Å². The van der Waals surface area contributed by atoms with E-state index >= 15 is 0 Å². The van der Waals surface area contributed by atoms with Gasteiger partial charge in [0, 0.05) is 16.1 Å². The highest BCUT2D eigenvalue weighted by Crippen LogP contribution is 2.30. The third kappa shape index (κ3) is 6.07. The average Bonchev–Trinajstić information content (AvgIpc) is 2.72. The topological polar surface area (TPSA) is 54.6 Å². The molecular formula is C22H15ClI2N2O2.